The molecule has 18 heavy (non-hydrogen) atoms. The molecule has 0 radical (unpaired) electrons. The number of halogens is 2. The Bertz CT molecular complexity index is 585. The van der Waals surface area contributed by atoms with Crippen molar-refractivity contribution in [1.82, 2.24) is 9.55 Å². The standard InChI is InChI=1S/C14H16Cl2N2/c1-2-14(6-7-14)9-18-12(8-15)17-11-5-3-4-10(16)13(11)18/h3-5H,2,6-9H2,1H3. The quantitative estimate of drug-likeness (QED) is 0.749. The van der Waals surface area contributed by atoms with E-state index in [1.54, 1.807) is 0 Å². The fraction of sp³-hybridized carbons (Fsp3) is 0.500. The topological polar surface area (TPSA) is 17.8 Å². The molecule has 1 saturated carbocycles. The Kier molecular flexibility index (Phi) is 3.03. The van der Waals surface area contributed by atoms with E-state index in [1.165, 1.54) is 19.3 Å². The van der Waals surface area contributed by atoms with Gasteiger partial charge in [-0.15, -0.1) is 11.6 Å². The highest BCUT2D eigenvalue weighted by molar-refractivity contribution is 6.35. The fourth-order valence-electron chi connectivity index (χ4n) is 2.60. The first kappa shape index (κ1) is 12.3. The van der Waals surface area contributed by atoms with Gasteiger partial charge < -0.3 is 4.57 Å². The van der Waals surface area contributed by atoms with Crippen molar-refractivity contribution in [3.8, 4) is 0 Å². The van der Waals surface area contributed by atoms with Gasteiger partial charge in [0.1, 0.15) is 5.82 Å². The summed E-state index contributed by atoms with van der Waals surface area (Å²) in [7, 11) is 0. The third kappa shape index (κ3) is 1.92. The van der Waals surface area contributed by atoms with Crippen LogP contribution in [0.2, 0.25) is 5.02 Å². The minimum atomic E-state index is 0.435. The van der Waals surface area contributed by atoms with Crippen LogP contribution in [0.15, 0.2) is 18.2 Å². The largest absolute Gasteiger partial charge is 0.325 e. The molecule has 1 heterocycles. The third-order valence-corrected chi connectivity index (χ3v) is 4.66. The summed E-state index contributed by atoms with van der Waals surface area (Å²) < 4.78 is 2.22. The first-order chi connectivity index (χ1) is 8.69. The van der Waals surface area contributed by atoms with Crippen LogP contribution < -0.4 is 0 Å². The number of aromatic nitrogens is 2. The first-order valence-electron chi connectivity index (χ1n) is 6.39. The Morgan fingerprint density at radius 1 is 1.39 bits per heavy atom. The second kappa shape index (κ2) is 4.43. The average Bonchev–Trinajstić information content (AvgIpc) is 3.06. The summed E-state index contributed by atoms with van der Waals surface area (Å²) >= 11 is 12.3. The summed E-state index contributed by atoms with van der Waals surface area (Å²) in [5.74, 6) is 1.37. The number of rotatable bonds is 4. The Morgan fingerprint density at radius 3 is 2.78 bits per heavy atom. The lowest BCUT2D eigenvalue weighted by Crippen LogP contribution is -2.13. The van der Waals surface area contributed by atoms with Crippen LogP contribution in [-0.4, -0.2) is 9.55 Å². The van der Waals surface area contributed by atoms with E-state index in [0.717, 1.165) is 28.4 Å². The number of para-hydroxylation sites is 1. The number of imidazole rings is 1. The molecule has 4 heteroatoms. The maximum Gasteiger partial charge on any atom is 0.124 e. The van der Waals surface area contributed by atoms with Crippen molar-refractivity contribution in [2.45, 2.75) is 38.6 Å². The second-order valence-corrected chi connectivity index (χ2v) is 5.88. The van der Waals surface area contributed by atoms with Crippen LogP contribution in [0.1, 0.15) is 32.0 Å². The summed E-state index contributed by atoms with van der Waals surface area (Å²) in [5, 5.41) is 0.767. The average molecular weight is 283 g/mol. The van der Waals surface area contributed by atoms with Crippen molar-refractivity contribution >= 4 is 34.2 Å². The van der Waals surface area contributed by atoms with Crippen LogP contribution in [0.4, 0.5) is 0 Å². The van der Waals surface area contributed by atoms with Crippen LogP contribution in [0, 0.1) is 5.41 Å². The summed E-state index contributed by atoms with van der Waals surface area (Å²) in [5.41, 5.74) is 2.44. The minimum absolute atomic E-state index is 0.435. The highest BCUT2D eigenvalue weighted by atomic mass is 35.5. The number of benzene rings is 1. The maximum absolute atomic E-state index is 6.32. The predicted molar refractivity (Wildman–Crippen MR) is 76.3 cm³/mol. The molecule has 1 aliphatic carbocycles. The zero-order chi connectivity index (χ0) is 12.8. The Labute approximate surface area is 117 Å². The molecule has 1 aromatic heterocycles. The molecular weight excluding hydrogens is 267 g/mol. The molecule has 1 aromatic carbocycles. The molecule has 0 unspecified atom stereocenters. The predicted octanol–water partition coefficient (Wildman–Crippen LogP) is 4.62. The Morgan fingerprint density at radius 2 is 2.17 bits per heavy atom. The van der Waals surface area contributed by atoms with Gasteiger partial charge in [0.2, 0.25) is 0 Å². The number of alkyl halides is 1. The van der Waals surface area contributed by atoms with E-state index in [9.17, 15) is 0 Å². The lowest BCUT2D eigenvalue weighted by Gasteiger charge is -2.16. The van der Waals surface area contributed by atoms with Gasteiger partial charge in [0.15, 0.2) is 0 Å². The van der Waals surface area contributed by atoms with Gasteiger partial charge in [0.25, 0.3) is 0 Å². The van der Waals surface area contributed by atoms with Crippen molar-refractivity contribution in [3.63, 3.8) is 0 Å². The van der Waals surface area contributed by atoms with E-state index in [1.807, 2.05) is 18.2 Å². The van der Waals surface area contributed by atoms with Gasteiger partial charge in [-0.05, 0) is 36.8 Å². The van der Waals surface area contributed by atoms with Crippen molar-refractivity contribution in [2.75, 3.05) is 0 Å². The number of nitrogens with zero attached hydrogens (tertiary/aromatic N) is 2. The monoisotopic (exact) mass is 282 g/mol. The van der Waals surface area contributed by atoms with Crippen molar-refractivity contribution < 1.29 is 0 Å². The molecule has 0 atom stereocenters. The smallest absolute Gasteiger partial charge is 0.124 e. The van der Waals surface area contributed by atoms with Crippen molar-refractivity contribution in [2.24, 2.45) is 5.41 Å². The van der Waals surface area contributed by atoms with Crippen LogP contribution >= 0.6 is 23.2 Å². The van der Waals surface area contributed by atoms with Crippen molar-refractivity contribution in [1.29, 1.82) is 0 Å². The highest BCUT2D eigenvalue weighted by Crippen LogP contribution is 2.50. The molecule has 96 valence electrons. The van der Waals surface area contributed by atoms with Crippen molar-refractivity contribution in [3.05, 3.63) is 29.0 Å². The van der Waals surface area contributed by atoms with Gasteiger partial charge in [-0.2, -0.15) is 0 Å². The van der Waals surface area contributed by atoms with Gasteiger partial charge in [-0.3, -0.25) is 0 Å². The van der Waals surface area contributed by atoms with E-state index in [4.69, 9.17) is 23.2 Å². The molecule has 0 amide bonds. The van der Waals surface area contributed by atoms with E-state index in [2.05, 4.69) is 16.5 Å². The summed E-state index contributed by atoms with van der Waals surface area (Å²) in [6.45, 7) is 3.25. The zero-order valence-corrected chi connectivity index (χ0v) is 11.9. The molecule has 2 nitrogen and oxygen atoms in total. The van der Waals surface area contributed by atoms with E-state index < -0.39 is 0 Å². The molecule has 0 bridgehead atoms. The minimum Gasteiger partial charge on any atom is -0.325 e. The zero-order valence-electron chi connectivity index (χ0n) is 10.4. The van der Waals surface area contributed by atoms with Crippen LogP contribution in [0.3, 0.4) is 0 Å². The molecule has 0 spiro atoms. The summed E-state index contributed by atoms with van der Waals surface area (Å²) in [6, 6.07) is 5.86. The molecule has 3 rings (SSSR count). The maximum atomic E-state index is 6.32. The van der Waals surface area contributed by atoms with E-state index in [-0.39, 0.29) is 0 Å². The molecular formula is C14H16Cl2N2. The summed E-state index contributed by atoms with van der Waals surface area (Å²) in [4.78, 5) is 4.58. The Hall–Kier alpha value is -0.730. The normalized spacial score (nSPS) is 17.3. The molecule has 1 aliphatic rings. The molecule has 0 aliphatic heterocycles. The van der Waals surface area contributed by atoms with Gasteiger partial charge in [-0.1, -0.05) is 24.6 Å². The van der Waals surface area contributed by atoms with Crippen LogP contribution in [0.25, 0.3) is 11.0 Å². The number of hydrogen-bond acceptors (Lipinski definition) is 1. The van der Waals surface area contributed by atoms with Crippen LogP contribution in [-0.2, 0) is 12.4 Å². The summed E-state index contributed by atoms with van der Waals surface area (Å²) in [6.07, 6.45) is 3.81. The molecule has 0 saturated heterocycles. The molecule has 1 fully saturated rings. The van der Waals surface area contributed by atoms with Gasteiger partial charge in [-0.25, -0.2) is 4.98 Å². The van der Waals surface area contributed by atoms with Gasteiger partial charge in [0, 0.05) is 6.54 Å². The number of fused-ring (bicyclic) bond motifs is 1. The molecule has 2 aromatic rings. The van der Waals surface area contributed by atoms with Gasteiger partial charge >= 0.3 is 0 Å². The Balaban J connectivity index is 2.13. The number of hydrogen-bond donors (Lipinski definition) is 0. The van der Waals surface area contributed by atoms with E-state index >= 15 is 0 Å². The van der Waals surface area contributed by atoms with Crippen LogP contribution in [0.5, 0.6) is 0 Å². The van der Waals surface area contributed by atoms with E-state index in [0.29, 0.717) is 11.3 Å². The fourth-order valence-corrected chi connectivity index (χ4v) is 3.07. The molecule has 0 N–H and O–H groups in total. The van der Waals surface area contributed by atoms with Gasteiger partial charge in [0.05, 0.1) is 21.9 Å². The first-order valence-corrected chi connectivity index (χ1v) is 7.30. The SMILES string of the molecule is CCC1(Cn2c(CCl)nc3cccc(Cl)c32)CC1. The highest BCUT2D eigenvalue weighted by Gasteiger charge is 2.41. The second-order valence-electron chi connectivity index (χ2n) is 5.21. The lowest BCUT2D eigenvalue weighted by atomic mass is 10.0. The third-order valence-electron chi connectivity index (χ3n) is 4.12. The lowest BCUT2D eigenvalue weighted by molar-refractivity contribution is 0.410.